The Kier molecular flexibility index (Phi) is 4.20. The minimum absolute atomic E-state index is 0.0312. The van der Waals surface area contributed by atoms with Crippen LogP contribution in [0.15, 0.2) is 30.3 Å². The van der Waals surface area contributed by atoms with Gasteiger partial charge < -0.3 is 10.1 Å². The molecule has 22 heavy (non-hydrogen) atoms. The molecular formula is C16H20N4O2. The zero-order valence-electron chi connectivity index (χ0n) is 12.8. The summed E-state index contributed by atoms with van der Waals surface area (Å²) in [6.45, 7) is 4.52. The Morgan fingerprint density at radius 2 is 2.14 bits per heavy atom. The molecule has 1 amide bonds. The van der Waals surface area contributed by atoms with E-state index in [-0.39, 0.29) is 18.1 Å². The fourth-order valence-corrected chi connectivity index (χ4v) is 2.63. The highest BCUT2D eigenvalue weighted by molar-refractivity contribution is 5.93. The van der Waals surface area contributed by atoms with E-state index in [0.29, 0.717) is 11.4 Å². The molecule has 1 aliphatic heterocycles. The highest BCUT2D eigenvalue weighted by atomic mass is 16.5. The summed E-state index contributed by atoms with van der Waals surface area (Å²) >= 11 is 0. The standard InChI is InChI=1S/C16H20N4O2/c1-11(14-9-6-10-22-14)17-16(21)15-12(2)18-20(19-15)13-7-4-3-5-8-13/h3-5,7-8,11,14H,6,9-10H2,1-2H3,(H,17,21). The van der Waals surface area contributed by atoms with Crippen LogP contribution in [0.1, 0.15) is 35.9 Å². The maximum Gasteiger partial charge on any atom is 0.274 e. The van der Waals surface area contributed by atoms with Gasteiger partial charge >= 0.3 is 0 Å². The van der Waals surface area contributed by atoms with Crippen LogP contribution in [0.3, 0.4) is 0 Å². The van der Waals surface area contributed by atoms with Gasteiger partial charge in [0.2, 0.25) is 0 Å². The number of hydrogen-bond donors (Lipinski definition) is 1. The predicted octanol–water partition coefficient (Wildman–Crippen LogP) is 1.87. The van der Waals surface area contributed by atoms with Crippen molar-refractivity contribution < 1.29 is 9.53 Å². The molecule has 2 unspecified atom stereocenters. The van der Waals surface area contributed by atoms with E-state index in [0.717, 1.165) is 25.1 Å². The molecule has 3 rings (SSSR count). The first-order chi connectivity index (χ1) is 10.6. The van der Waals surface area contributed by atoms with Crippen molar-refractivity contribution >= 4 is 5.91 Å². The zero-order chi connectivity index (χ0) is 15.5. The van der Waals surface area contributed by atoms with E-state index in [2.05, 4.69) is 15.5 Å². The molecular weight excluding hydrogens is 280 g/mol. The van der Waals surface area contributed by atoms with Gasteiger partial charge in [-0.1, -0.05) is 18.2 Å². The number of aromatic nitrogens is 3. The van der Waals surface area contributed by atoms with E-state index in [4.69, 9.17) is 4.74 Å². The average molecular weight is 300 g/mol. The Balaban J connectivity index is 1.74. The van der Waals surface area contributed by atoms with Crippen molar-refractivity contribution in [2.24, 2.45) is 0 Å². The highest BCUT2D eigenvalue weighted by Crippen LogP contribution is 2.16. The molecule has 1 fully saturated rings. The van der Waals surface area contributed by atoms with E-state index in [1.165, 1.54) is 4.80 Å². The molecule has 0 aliphatic carbocycles. The normalized spacial score (nSPS) is 19.1. The summed E-state index contributed by atoms with van der Waals surface area (Å²) in [4.78, 5) is 13.9. The molecule has 1 aromatic heterocycles. The molecule has 1 aliphatic rings. The van der Waals surface area contributed by atoms with Crippen LogP contribution in [0, 0.1) is 6.92 Å². The number of hydrogen-bond acceptors (Lipinski definition) is 4. The van der Waals surface area contributed by atoms with Crippen molar-refractivity contribution in [3.63, 3.8) is 0 Å². The fraction of sp³-hybridized carbons (Fsp3) is 0.438. The second-order valence-corrected chi connectivity index (χ2v) is 5.57. The number of nitrogens with one attached hydrogen (secondary N) is 1. The summed E-state index contributed by atoms with van der Waals surface area (Å²) in [6.07, 6.45) is 2.12. The molecule has 2 aromatic rings. The number of rotatable bonds is 4. The van der Waals surface area contributed by atoms with E-state index in [1.54, 1.807) is 6.92 Å². The lowest BCUT2D eigenvalue weighted by atomic mass is 10.1. The lowest BCUT2D eigenvalue weighted by Crippen LogP contribution is -2.41. The second kappa shape index (κ2) is 6.27. The van der Waals surface area contributed by atoms with Gasteiger partial charge in [-0.05, 0) is 38.8 Å². The summed E-state index contributed by atoms with van der Waals surface area (Å²) in [5.41, 5.74) is 1.80. The van der Waals surface area contributed by atoms with Crippen LogP contribution in [0.25, 0.3) is 5.69 Å². The molecule has 1 N–H and O–H groups in total. The Bertz CT molecular complexity index is 647. The van der Waals surface area contributed by atoms with Crippen molar-refractivity contribution in [1.29, 1.82) is 0 Å². The Hall–Kier alpha value is -2.21. The van der Waals surface area contributed by atoms with Crippen molar-refractivity contribution in [3.8, 4) is 5.69 Å². The van der Waals surface area contributed by atoms with Gasteiger partial charge in [0.05, 0.1) is 23.5 Å². The minimum Gasteiger partial charge on any atom is -0.376 e. The maximum absolute atomic E-state index is 12.4. The number of carbonyl (C=O) groups is 1. The molecule has 1 aromatic carbocycles. The summed E-state index contributed by atoms with van der Waals surface area (Å²) in [6, 6.07) is 9.51. The first-order valence-electron chi connectivity index (χ1n) is 7.57. The van der Waals surface area contributed by atoms with Gasteiger partial charge in [0.25, 0.3) is 5.91 Å². The van der Waals surface area contributed by atoms with Gasteiger partial charge in [0, 0.05) is 6.61 Å². The summed E-state index contributed by atoms with van der Waals surface area (Å²) in [5, 5.41) is 11.6. The van der Waals surface area contributed by atoms with E-state index in [1.807, 2.05) is 37.3 Å². The number of carbonyl (C=O) groups excluding carboxylic acids is 1. The van der Waals surface area contributed by atoms with Gasteiger partial charge in [-0.25, -0.2) is 0 Å². The zero-order valence-corrected chi connectivity index (χ0v) is 12.8. The first-order valence-corrected chi connectivity index (χ1v) is 7.57. The smallest absolute Gasteiger partial charge is 0.274 e. The van der Waals surface area contributed by atoms with E-state index < -0.39 is 0 Å². The lowest BCUT2D eigenvalue weighted by molar-refractivity contribution is 0.0709. The summed E-state index contributed by atoms with van der Waals surface area (Å²) in [5.74, 6) is -0.206. The quantitative estimate of drug-likeness (QED) is 0.936. The van der Waals surface area contributed by atoms with Crippen molar-refractivity contribution in [3.05, 3.63) is 41.7 Å². The number of benzene rings is 1. The molecule has 6 heteroatoms. The van der Waals surface area contributed by atoms with Gasteiger partial charge in [-0.15, -0.1) is 5.10 Å². The minimum atomic E-state index is -0.206. The molecule has 6 nitrogen and oxygen atoms in total. The monoisotopic (exact) mass is 300 g/mol. The third-order valence-corrected chi connectivity index (χ3v) is 3.87. The maximum atomic E-state index is 12.4. The third-order valence-electron chi connectivity index (χ3n) is 3.87. The summed E-state index contributed by atoms with van der Waals surface area (Å²) < 4.78 is 5.60. The second-order valence-electron chi connectivity index (χ2n) is 5.57. The van der Waals surface area contributed by atoms with Crippen LogP contribution in [-0.4, -0.2) is 39.7 Å². The Morgan fingerprint density at radius 1 is 1.36 bits per heavy atom. The van der Waals surface area contributed by atoms with Gasteiger partial charge in [0.1, 0.15) is 0 Å². The van der Waals surface area contributed by atoms with E-state index >= 15 is 0 Å². The van der Waals surface area contributed by atoms with Crippen molar-refractivity contribution in [1.82, 2.24) is 20.3 Å². The van der Waals surface area contributed by atoms with Crippen molar-refractivity contribution in [2.45, 2.75) is 38.8 Å². The number of amides is 1. The highest BCUT2D eigenvalue weighted by Gasteiger charge is 2.25. The molecule has 2 atom stereocenters. The Labute approximate surface area is 129 Å². The van der Waals surface area contributed by atoms with Gasteiger partial charge in [-0.2, -0.15) is 9.90 Å². The molecule has 116 valence electrons. The topological polar surface area (TPSA) is 69.0 Å². The molecule has 0 spiro atoms. The lowest BCUT2D eigenvalue weighted by Gasteiger charge is -2.19. The van der Waals surface area contributed by atoms with Gasteiger partial charge in [-0.3, -0.25) is 4.79 Å². The van der Waals surface area contributed by atoms with Crippen LogP contribution in [-0.2, 0) is 4.74 Å². The van der Waals surface area contributed by atoms with Crippen molar-refractivity contribution in [2.75, 3.05) is 6.61 Å². The molecule has 2 heterocycles. The molecule has 0 bridgehead atoms. The average Bonchev–Trinajstić information content (AvgIpc) is 3.17. The predicted molar refractivity (Wildman–Crippen MR) is 82.0 cm³/mol. The fourth-order valence-electron chi connectivity index (χ4n) is 2.63. The summed E-state index contributed by atoms with van der Waals surface area (Å²) in [7, 11) is 0. The first kappa shape index (κ1) is 14.7. The number of aryl methyl sites for hydroxylation is 1. The third kappa shape index (κ3) is 3.01. The van der Waals surface area contributed by atoms with Gasteiger partial charge in [0.15, 0.2) is 5.69 Å². The van der Waals surface area contributed by atoms with Crippen LogP contribution in [0.2, 0.25) is 0 Å². The molecule has 0 saturated carbocycles. The van der Waals surface area contributed by atoms with E-state index in [9.17, 15) is 4.79 Å². The largest absolute Gasteiger partial charge is 0.376 e. The van der Waals surface area contributed by atoms with Crippen LogP contribution in [0.5, 0.6) is 0 Å². The van der Waals surface area contributed by atoms with Crippen LogP contribution >= 0.6 is 0 Å². The Morgan fingerprint density at radius 3 is 2.82 bits per heavy atom. The number of para-hydroxylation sites is 1. The van der Waals surface area contributed by atoms with Crippen LogP contribution in [0.4, 0.5) is 0 Å². The number of ether oxygens (including phenoxy) is 1. The SMILES string of the molecule is Cc1nn(-c2ccccc2)nc1C(=O)NC(C)C1CCCO1. The number of nitrogens with zero attached hydrogens (tertiary/aromatic N) is 3. The molecule has 0 radical (unpaired) electrons. The van der Waals surface area contributed by atoms with Crippen LogP contribution < -0.4 is 5.32 Å². The molecule has 1 saturated heterocycles.